The molecule has 0 saturated heterocycles. The van der Waals surface area contributed by atoms with Crippen LogP contribution in [0.4, 0.5) is 4.39 Å². The molecule has 0 aromatic heterocycles. The number of hydrogen-bond donors (Lipinski definition) is 1. The van der Waals surface area contributed by atoms with Gasteiger partial charge in [0.25, 0.3) is 0 Å². The van der Waals surface area contributed by atoms with Gasteiger partial charge in [-0.25, -0.2) is 4.39 Å². The van der Waals surface area contributed by atoms with E-state index in [1.54, 1.807) is 6.07 Å². The van der Waals surface area contributed by atoms with E-state index in [-0.39, 0.29) is 12.4 Å². The molecule has 0 heterocycles. The Labute approximate surface area is 123 Å². The molecule has 5 heteroatoms. The molecule has 1 N–H and O–H groups in total. The largest absolute Gasteiger partial charge is 0.488 e. The Bertz CT molecular complexity index is 435. The molecule has 2 nitrogen and oxygen atoms in total. The molecule has 19 heavy (non-hydrogen) atoms. The lowest BCUT2D eigenvalue weighted by Gasteiger charge is -2.10. The quantitative estimate of drug-likeness (QED) is 0.812. The highest BCUT2D eigenvalue weighted by molar-refractivity contribution is 6.36. The van der Waals surface area contributed by atoms with E-state index in [0.717, 1.165) is 12.1 Å². The van der Waals surface area contributed by atoms with Gasteiger partial charge in [-0.15, -0.1) is 0 Å². The smallest absolute Gasteiger partial charge is 0.127 e. The van der Waals surface area contributed by atoms with Crippen LogP contribution in [0.5, 0.6) is 5.75 Å². The van der Waals surface area contributed by atoms with Gasteiger partial charge in [0.2, 0.25) is 0 Å². The second-order valence-electron chi connectivity index (χ2n) is 4.66. The van der Waals surface area contributed by atoms with E-state index < -0.39 is 0 Å². The zero-order valence-corrected chi connectivity index (χ0v) is 12.6. The Morgan fingerprint density at radius 1 is 1.42 bits per heavy atom. The lowest BCUT2D eigenvalue weighted by atomic mass is 10.2. The van der Waals surface area contributed by atoms with Crippen molar-refractivity contribution in [2.75, 3.05) is 13.2 Å². The van der Waals surface area contributed by atoms with Crippen molar-refractivity contribution < 1.29 is 9.13 Å². The maximum Gasteiger partial charge on any atom is 0.127 e. The molecule has 1 aromatic rings. The second kappa shape index (κ2) is 8.41. The number of benzene rings is 1. The number of hydrogen-bond acceptors (Lipinski definition) is 2. The minimum Gasteiger partial charge on any atom is -0.488 e. The van der Waals surface area contributed by atoms with E-state index in [1.807, 2.05) is 0 Å². The fraction of sp³-hybridized carbons (Fsp3) is 0.429. The summed E-state index contributed by atoms with van der Waals surface area (Å²) < 4.78 is 18.8. The zero-order chi connectivity index (χ0) is 14.3. The summed E-state index contributed by atoms with van der Waals surface area (Å²) >= 11 is 11.1. The van der Waals surface area contributed by atoms with E-state index in [1.165, 1.54) is 17.7 Å². The minimum absolute atomic E-state index is 0.132. The van der Waals surface area contributed by atoms with Crippen LogP contribution in [0.25, 0.3) is 0 Å². The summed E-state index contributed by atoms with van der Waals surface area (Å²) in [6.45, 7) is 5.85. The molecule has 0 aliphatic heterocycles. The maximum absolute atomic E-state index is 13.4. The first-order chi connectivity index (χ1) is 9.01. The van der Waals surface area contributed by atoms with Crippen molar-refractivity contribution >= 4 is 23.2 Å². The predicted molar refractivity (Wildman–Crippen MR) is 78.2 cm³/mol. The summed E-state index contributed by atoms with van der Waals surface area (Å²) in [5.41, 5.74) is 2.06. The Morgan fingerprint density at radius 3 is 2.79 bits per heavy atom. The highest BCUT2D eigenvalue weighted by Crippen LogP contribution is 2.18. The van der Waals surface area contributed by atoms with Crippen molar-refractivity contribution in [3.05, 3.63) is 40.1 Å². The van der Waals surface area contributed by atoms with Crippen LogP contribution in [0.3, 0.4) is 0 Å². The average Bonchev–Trinajstić information content (AvgIpc) is 2.35. The Morgan fingerprint density at radius 2 is 2.16 bits per heavy atom. The minimum atomic E-state index is -0.329. The van der Waals surface area contributed by atoms with Crippen LogP contribution in [0, 0.1) is 11.7 Å². The molecule has 0 atom stereocenters. The molecular weight excluding hydrogens is 288 g/mol. The van der Waals surface area contributed by atoms with Crippen molar-refractivity contribution in [3.8, 4) is 5.75 Å². The molecule has 0 bridgehead atoms. The summed E-state index contributed by atoms with van der Waals surface area (Å²) in [5, 5.41) is 3.62. The number of halogens is 3. The van der Waals surface area contributed by atoms with Crippen molar-refractivity contribution in [1.29, 1.82) is 0 Å². The van der Waals surface area contributed by atoms with E-state index >= 15 is 0 Å². The lowest BCUT2D eigenvalue weighted by Crippen LogP contribution is -2.19. The summed E-state index contributed by atoms with van der Waals surface area (Å²) in [6, 6.07) is 4.60. The number of rotatable bonds is 7. The second-order valence-corrected chi connectivity index (χ2v) is 5.37. The third-order valence-corrected chi connectivity index (χ3v) is 2.90. The molecule has 0 saturated carbocycles. The molecule has 0 spiro atoms. The summed E-state index contributed by atoms with van der Waals surface area (Å²) in [7, 11) is 0. The van der Waals surface area contributed by atoms with Crippen molar-refractivity contribution in [3.63, 3.8) is 0 Å². The van der Waals surface area contributed by atoms with Gasteiger partial charge >= 0.3 is 0 Å². The number of ether oxygens (including phenoxy) is 1. The predicted octanol–water partition coefficient (Wildman–Crippen LogP) is 4.27. The van der Waals surface area contributed by atoms with Crippen LogP contribution in [-0.2, 0) is 6.54 Å². The molecule has 0 amide bonds. The first-order valence-corrected chi connectivity index (χ1v) is 6.90. The van der Waals surface area contributed by atoms with E-state index in [2.05, 4.69) is 19.2 Å². The van der Waals surface area contributed by atoms with Gasteiger partial charge in [-0.2, -0.15) is 0 Å². The Kier molecular flexibility index (Phi) is 7.21. The van der Waals surface area contributed by atoms with Crippen molar-refractivity contribution in [2.24, 2.45) is 5.92 Å². The van der Waals surface area contributed by atoms with Crippen LogP contribution < -0.4 is 10.1 Å². The molecule has 0 aliphatic carbocycles. The Hall–Kier alpha value is -0.770. The van der Waals surface area contributed by atoms with Gasteiger partial charge in [0.1, 0.15) is 18.2 Å². The van der Waals surface area contributed by atoms with E-state index in [0.29, 0.717) is 23.2 Å². The fourth-order valence-electron chi connectivity index (χ4n) is 1.50. The van der Waals surface area contributed by atoms with Crippen molar-refractivity contribution in [2.45, 2.75) is 20.4 Å². The maximum atomic E-state index is 13.4. The van der Waals surface area contributed by atoms with Crippen LogP contribution >= 0.6 is 23.2 Å². The molecule has 1 aromatic carbocycles. The van der Waals surface area contributed by atoms with Gasteiger partial charge in [0, 0.05) is 18.1 Å². The normalized spacial score (nSPS) is 12.0. The lowest BCUT2D eigenvalue weighted by molar-refractivity contribution is 0.356. The first kappa shape index (κ1) is 16.3. The molecule has 0 unspecified atom stereocenters. The van der Waals surface area contributed by atoms with Gasteiger partial charge in [-0.3, -0.25) is 0 Å². The van der Waals surface area contributed by atoms with Crippen LogP contribution in [-0.4, -0.2) is 13.2 Å². The average molecular weight is 306 g/mol. The molecule has 0 aliphatic rings. The third kappa shape index (κ3) is 6.81. The van der Waals surface area contributed by atoms with Gasteiger partial charge in [0.05, 0.1) is 5.03 Å². The molecule has 0 fully saturated rings. The molecule has 106 valence electrons. The van der Waals surface area contributed by atoms with Gasteiger partial charge in [0.15, 0.2) is 0 Å². The molecular formula is C14H18Cl2FNO. The first-order valence-electron chi connectivity index (χ1n) is 6.09. The van der Waals surface area contributed by atoms with Gasteiger partial charge < -0.3 is 10.1 Å². The van der Waals surface area contributed by atoms with E-state index in [9.17, 15) is 4.39 Å². The van der Waals surface area contributed by atoms with Crippen molar-refractivity contribution in [1.82, 2.24) is 5.32 Å². The standard InChI is InChI=1S/C14H18Cl2FNO/c1-10(2)7-18-8-11-3-13(17)5-14(4-11)19-9-12(16)6-15/h3-6,10,18H,7-9H2,1-2H3/b12-6-. The van der Waals surface area contributed by atoms with Crippen LogP contribution in [0.1, 0.15) is 19.4 Å². The fourth-order valence-corrected chi connectivity index (χ4v) is 1.61. The molecule has 0 radical (unpaired) electrons. The zero-order valence-electron chi connectivity index (χ0n) is 11.1. The van der Waals surface area contributed by atoms with Crippen LogP contribution in [0.15, 0.2) is 28.8 Å². The SMILES string of the molecule is CC(C)CNCc1cc(F)cc(OC/C(Cl)=C/Cl)c1. The summed E-state index contributed by atoms with van der Waals surface area (Å²) in [5.74, 6) is 0.666. The van der Waals surface area contributed by atoms with Crippen LogP contribution in [0.2, 0.25) is 0 Å². The summed E-state index contributed by atoms with van der Waals surface area (Å²) in [4.78, 5) is 0. The van der Waals surface area contributed by atoms with E-state index in [4.69, 9.17) is 27.9 Å². The Balaban J connectivity index is 2.60. The number of nitrogens with one attached hydrogen (secondary N) is 1. The highest BCUT2D eigenvalue weighted by atomic mass is 35.5. The topological polar surface area (TPSA) is 21.3 Å². The van der Waals surface area contributed by atoms with Gasteiger partial charge in [-0.1, -0.05) is 37.0 Å². The molecule has 1 rings (SSSR count). The third-order valence-electron chi connectivity index (χ3n) is 2.31. The highest BCUT2D eigenvalue weighted by Gasteiger charge is 2.03. The monoisotopic (exact) mass is 305 g/mol. The van der Waals surface area contributed by atoms with Gasteiger partial charge in [-0.05, 0) is 30.2 Å². The summed E-state index contributed by atoms with van der Waals surface area (Å²) in [6.07, 6.45) is 0.